The normalized spacial score (nSPS) is 14.5. The maximum atomic E-state index is 10.9. The van der Waals surface area contributed by atoms with Gasteiger partial charge in [0.1, 0.15) is 11.4 Å². The first-order valence-electron chi connectivity index (χ1n) is 4.90. The van der Waals surface area contributed by atoms with Crippen LogP contribution in [0.25, 0.3) is 10.9 Å². The molecule has 1 aromatic heterocycles. The molecule has 16 heavy (non-hydrogen) atoms. The third-order valence-corrected chi connectivity index (χ3v) is 3.62. The van der Waals surface area contributed by atoms with Crippen LogP contribution in [0, 0.1) is 0 Å². The smallest absolute Gasteiger partial charge is 0.352 e. The summed E-state index contributed by atoms with van der Waals surface area (Å²) in [4.78, 5) is 14.8. The molecule has 0 aliphatic carbocycles. The lowest BCUT2D eigenvalue weighted by atomic mass is 10.2. The number of fused-ring (bicyclic) bond motifs is 3. The molecule has 1 aliphatic rings. The quantitative estimate of drug-likeness (QED) is 0.796. The van der Waals surface area contributed by atoms with Gasteiger partial charge in [-0.25, -0.2) is 4.79 Å². The van der Waals surface area contributed by atoms with Crippen molar-refractivity contribution in [1.82, 2.24) is 4.98 Å². The van der Waals surface area contributed by atoms with Crippen molar-refractivity contribution in [2.45, 2.75) is 4.90 Å². The lowest BCUT2D eigenvalue weighted by molar-refractivity contribution is 0.0691. The van der Waals surface area contributed by atoms with Gasteiger partial charge in [0.25, 0.3) is 0 Å². The Labute approximate surface area is 95.6 Å². The first kappa shape index (κ1) is 9.59. The topological polar surface area (TPSA) is 62.3 Å². The first-order chi connectivity index (χ1) is 7.75. The molecule has 0 saturated carbocycles. The number of benzene rings is 1. The van der Waals surface area contributed by atoms with Crippen molar-refractivity contribution in [2.24, 2.45) is 0 Å². The highest BCUT2D eigenvalue weighted by atomic mass is 32.2. The van der Waals surface area contributed by atoms with E-state index in [1.807, 2.05) is 12.1 Å². The van der Waals surface area contributed by atoms with E-state index in [1.165, 1.54) is 0 Å². The van der Waals surface area contributed by atoms with Gasteiger partial charge in [-0.2, -0.15) is 0 Å². The van der Waals surface area contributed by atoms with Gasteiger partial charge in [-0.15, -0.1) is 11.8 Å². The second-order valence-electron chi connectivity index (χ2n) is 3.54. The summed E-state index contributed by atoms with van der Waals surface area (Å²) in [6.45, 7) is 0.708. The van der Waals surface area contributed by atoms with Crippen molar-refractivity contribution in [2.75, 3.05) is 12.4 Å². The Hall–Kier alpha value is -1.62. The number of rotatable bonds is 1. The van der Waals surface area contributed by atoms with Gasteiger partial charge in [-0.3, -0.25) is 0 Å². The van der Waals surface area contributed by atoms with Gasteiger partial charge >= 0.3 is 5.97 Å². The van der Waals surface area contributed by atoms with Crippen LogP contribution in [0.5, 0.6) is 5.75 Å². The second-order valence-corrected chi connectivity index (χ2v) is 4.64. The second kappa shape index (κ2) is 3.45. The van der Waals surface area contributed by atoms with Crippen molar-refractivity contribution < 1.29 is 14.6 Å². The van der Waals surface area contributed by atoms with Crippen LogP contribution in [0.1, 0.15) is 10.5 Å². The fourth-order valence-corrected chi connectivity index (χ4v) is 2.79. The van der Waals surface area contributed by atoms with Crippen LogP contribution in [0.4, 0.5) is 0 Å². The van der Waals surface area contributed by atoms with Crippen LogP contribution in [-0.4, -0.2) is 28.4 Å². The number of thioether (sulfide) groups is 1. The number of H-pyrrole nitrogens is 1. The third kappa shape index (κ3) is 1.36. The molecule has 4 nitrogen and oxygen atoms in total. The fourth-order valence-electron chi connectivity index (χ4n) is 1.83. The molecule has 2 heterocycles. The number of nitrogens with one attached hydrogen (secondary N) is 1. The predicted octanol–water partition coefficient (Wildman–Crippen LogP) is 2.35. The van der Waals surface area contributed by atoms with Crippen LogP contribution < -0.4 is 4.74 Å². The van der Waals surface area contributed by atoms with Gasteiger partial charge in [-0.05, 0) is 18.2 Å². The number of carbonyl (C=O) groups is 1. The molecular weight excluding hydrogens is 226 g/mol. The molecule has 1 aliphatic heterocycles. The van der Waals surface area contributed by atoms with E-state index in [-0.39, 0.29) is 5.69 Å². The minimum atomic E-state index is -0.938. The summed E-state index contributed by atoms with van der Waals surface area (Å²) < 4.78 is 5.52. The number of carboxylic acids is 1. The molecule has 1 aromatic carbocycles. The number of carboxylic acid groups (broad SMARTS) is 1. The van der Waals surface area contributed by atoms with Crippen molar-refractivity contribution in [3.8, 4) is 5.75 Å². The Balaban J connectivity index is 2.26. The molecule has 3 rings (SSSR count). The highest BCUT2D eigenvalue weighted by molar-refractivity contribution is 7.99. The number of aromatic carboxylic acids is 1. The molecule has 82 valence electrons. The van der Waals surface area contributed by atoms with E-state index >= 15 is 0 Å². The molecule has 0 spiro atoms. The SMILES string of the molecule is O=C(O)c1cc2c3c(ccc2[nH]1)OCCS3. The highest BCUT2D eigenvalue weighted by Crippen LogP contribution is 2.39. The molecular formula is C11H9NO3S. The Kier molecular flexibility index (Phi) is 2.07. The number of aromatic amines is 1. The van der Waals surface area contributed by atoms with Gasteiger partial charge in [0.2, 0.25) is 0 Å². The average Bonchev–Trinajstić information content (AvgIpc) is 2.73. The van der Waals surface area contributed by atoms with Gasteiger partial charge in [-0.1, -0.05) is 0 Å². The standard InChI is InChI=1S/C11H9NO3S/c13-11(14)8-5-6-7(12-8)1-2-9-10(6)16-4-3-15-9/h1-2,5,12H,3-4H2,(H,13,14). The monoisotopic (exact) mass is 235 g/mol. The molecule has 0 fully saturated rings. The van der Waals surface area contributed by atoms with Gasteiger partial charge in [0, 0.05) is 16.7 Å². The average molecular weight is 235 g/mol. The number of hydrogen-bond acceptors (Lipinski definition) is 3. The molecule has 0 saturated heterocycles. The van der Waals surface area contributed by atoms with Crippen molar-refractivity contribution in [3.05, 3.63) is 23.9 Å². The van der Waals surface area contributed by atoms with E-state index in [2.05, 4.69) is 4.98 Å². The minimum absolute atomic E-state index is 0.217. The van der Waals surface area contributed by atoms with E-state index in [4.69, 9.17) is 9.84 Å². The highest BCUT2D eigenvalue weighted by Gasteiger charge is 2.17. The number of ether oxygens (including phenoxy) is 1. The summed E-state index contributed by atoms with van der Waals surface area (Å²) in [5.41, 5.74) is 1.06. The lowest BCUT2D eigenvalue weighted by Gasteiger charge is -2.16. The minimum Gasteiger partial charge on any atom is -0.492 e. The Morgan fingerprint density at radius 2 is 2.38 bits per heavy atom. The molecule has 0 radical (unpaired) electrons. The van der Waals surface area contributed by atoms with Crippen LogP contribution >= 0.6 is 11.8 Å². The van der Waals surface area contributed by atoms with E-state index in [0.717, 1.165) is 27.3 Å². The molecule has 0 amide bonds. The fraction of sp³-hybridized carbons (Fsp3) is 0.182. The zero-order valence-corrected chi connectivity index (χ0v) is 9.13. The molecule has 0 atom stereocenters. The van der Waals surface area contributed by atoms with Gasteiger partial charge < -0.3 is 14.8 Å². The Morgan fingerprint density at radius 1 is 1.50 bits per heavy atom. The number of aromatic nitrogens is 1. The molecule has 0 unspecified atom stereocenters. The van der Waals surface area contributed by atoms with E-state index in [1.54, 1.807) is 17.8 Å². The summed E-state index contributed by atoms with van der Waals surface area (Å²) in [6, 6.07) is 5.40. The summed E-state index contributed by atoms with van der Waals surface area (Å²) in [5.74, 6) is 0.811. The van der Waals surface area contributed by atoms with Crippen molar-refractivity contribution in [3.63, 3.8) is 0 Å². The largest absolute Gasteiger partial charge is 0.492 e. The number of hydrogen-bond donors (Lipinski definition) is 2. The Bertz CT molecular complexity index is 576. The van der Waals surface area contributed by atoms with E-state index in [0.29, 0.717) is 6.61 Å². The molecule has 5 heteroatoms. The molecule has 2 N–H and O–H groups in total. The van der Waals surface area contributed by atoms with Crippen molar-refractivity contribution in [1.29, 1.82) is 0 Å². The van der Waals surface area contributed by atoms with Crippen LogP contribution in [0.15, 0.2) is 23.1 Å². The zero-order valence-electron chi connectivity index (χ0n) is 8.32. The van der Waals surface area contributed by atoms with Crippen LogP contribution in [0.3, 0.4) is 0 Å². The summed E-state index contributed by atoms with van der Waals surface area (Å²) in [6.07, 6.45) is 0. The molecule has 0 bridgehead atoms. The summed E-state index contributed by atoms with van der Waals surface area (Å²) in [7, 11) is 0. The third-order valence-electron chi connectivity index (χ3n) is 2.54. The lowest BCUT2D eigenvalue weighted by Crippen LogP contribution is -2.06. The van der Waals surface area contributed by atoms with E-state index < -0.39 is 5.97 Å². The Morgan fingerprint density at radius 3 is 3.19 bits per heavy atom. The summed E-state index contributed by atoms with van der Waals surface area (Å²) in [5, 5.41) is 9.85. The maximum Gasteiger partial charge on any atom is 0.352 e. The summed E-state index contributed by atoms with van der Waals surface area (Å²) >= 11 is 1.71. The van der Waals surface area contributed by atoms with Gasteiger partial charge in [0.05, 0.1) is 11.5 Å². The first-order valence-corrected chi connectivity index (χ1v) is 5.89. The maximum absolute atomic E-state index is 10.9. The van der Waals surface area contributed by atoms with Crippen LogP contribution in [0.2, 0.25) is 0 Å². The van der Waals surface area contributed by atoms with Crippen molar-refractivity contribution >= 4 is 28.6 Å². The predicted molar refractivity (Wildman–Crippen MR) is 61.5 cm³/mol. The molecule has 2 aromatic rings. The van der Waals surface area contributed by atoms with Gasteiger partial charge in [0.15, 0.2) is 0 Å². The zero-order chi connectivity index (χ0) is 11.1. The van der Waals surface area contributed by atoms with E-state index in [9.17, 15) is 4.79 Å². The van der Waals surface area contributed by atoms with Crippen LogP contribution in [-0.2, 0) is 0 Å².